The molecule has 1 saturated carbocycles. The van der Waals surface area contributed by atoms with Crippen LogP contribution in [0.25, 0.3) is 6.08 Å². The molecule has 0 aliphatic heterocycles. The number of phenols is 2. The second kappa shape index (κ2) is 9.48. The quantitative estimate of drug-likeness (QED) is 0.528. The van der Waals surface area contributed by atoms with Gasteiger partial charge in [-0.2, -0.15) is 0 Å². The summed E-state index contributed by atoms with van der Waals surface area (Å²) in [7, 11) is 2.94. The maximum absolute atomic E-state index is 12.9. The van der Waals surface area contributed by atoms with E-state index < -0.39 is 5.92 Å². The summed E-state index contributed by atoms with van der Waals surface area (Å²) in [5.74, 6) is -0.0254. The molecule has 2 aromatic carbocycles. The molecule has 0 radical (unpaired) electrons. The van der Waals surface area contributed by atoms with Crippen LogP contribution < -0.4 is 9.47 Å². The van der Waals surface area contributed by atoms with E-state index in [4.69, 9.17) is 9.47 Å². The van der Waals surface area contributed by atoms with Crippen LogP contribution >= 0.6 is 0 Å². The molecule has 0 saturated heterocycles. The number of hydrogen-bond acceptors (Lipinski definition) is 6. The van der Waals surface area contributed by atoms with Crippen molar-refractivity contribution in [2.24, 2.45) is 5.92 Å². The van der Waals surface area contributed by atoms with E-state index in [2.05, 4.69) is 0 Å². The fraction of sp³-hybridized carbons (Fsp3) is 0.333. The van der Waals surface area contributed by atoms with E-state index in [9.17, 15) is 19.8 Å². The van der Waals surface area contributed by atoms with Crippen LogP contribution in [0.15, 0.2) is 42.0 Å². The topological polar surface area (TPSA) is 93.1 Å². The predicted molar refractivity (Wildman–Crippen MR) is 113 cm³/mol. The molecule has 0 aromatic heterocycles. The number of rotatable bonds is 7. The highest BCUT2D eigenvalue weighted by molar-refractivity contribution is 6.12. The van der Waals surface area contributed by atoms with Crippen molar-refractivity contribution in [2.45, 2.75) is 32.1 Å². The van der Waals surface area contributed by atoms with Gasteiger partial charge in [-0.25, -0.2) is 0 Å². The van der Waals surface area contributed by atoms with Crippen molar-refractivity contribution in [2.75, 3.05) is 14.2 Å². The van der Waals surface area contributed by atoms with Gasteiger partial charge in [0.25, 0.3) is 0 Å². The highest BCUT2D eigenvalue weighted by atomic mass is 16.5. The van der Waals surface area contributed by atoms with Crippen molar-refractivity contribution in [1.82, 2.24) is 0 Å². The van der Waals surface area contributed by atoms with E-state index in [1.807, 2.05) is 0 Å². The van der Waals surface area contributed by atoms with E-state index in [0.29, 0.717) is 36.3 Å². The molecule has 0 bridgehead atoms. The second-order valence-electron chi connectivity index (χ2n) is 7.38. The number of benzene rings is 2. The summed E-state index contributed by atoms with van der Waals surface area (Å²) in [4.78, 5) is 25.7. The van der Waals surface area contributed by atoms with E-state index in [0.717, 1.165) is 17.5 Å². The van der Waals surface area contributed by atoms with Gasteiger partial charge in [0.05, 0.1) is 20.1 Å². The number of hydrogen-bond donors (Lipinski definition) is 2. The third-order valence-electron chi connectivity index (χ3n) is 5.41. The van der Waals surface area contributed by atoms with Gasteiger partial charge in [0.2, 0.25) is 0 Å². The average Bonchev–Trinajstić information content (AvgIpc) is 2.75. The van der Waals surface area contributed by atoms with Gasteiger partial charge >= 0.3 is 0 Å². The monoisotopic (exact) mass is 410 g/mol. The molecule has 1 aliphatic rings. The molecule has 158 valence electrons. The molecule has 0 amide bonds. The van der Waals surface area contributed by atoms with Gasteiger partial charge in [0, 0.05) is 6.42 Å². The fourth-order valence-corrected chi connectivity index (χ4v) is 3.73. The van der Waals surface area contributed by atoms with Gasteiger partial charge in [0.15, 0.2) is 28.8 Å². The minimum absolute atomic E-state index is 0.0357. The number of aromatic hydroxyl groups is 2. The summed E-state index contributed by atoms with van der Waals surface area (Å²) in [6, 6.07) is 9.89. The van der Waals surface area contributed by atoms with Crippen LogP contribution in [0.3, 0.4) is 0 Å². The largest absolute Gasteiger partial charge is 0.504 e. The number of phenolic OH excluding ortho intramolecular Hbond substituents is 2. The SMILES string of the molecule is COc1cc(/C=C2\CCCC(C(=O)CCc3ccc(O)c(OC)c3)C2=O)ccc1O. The Morgan fingerprint density at radius 1 is 1.07 bits per heavy atom. The number of ether oxygens (including phenoxy) is 2. The van der Waals surface area contributed by atoms with E-state index in [1.165, 1.54) is 26.4 Å². The lowest BCUT2D eigenvalue weighted by molar-refractivity contribution is -0.131. The van der Waals surface area contributed by atoms with Crippen molar-refractivity contribution in [3.05, 3.63) is 53.1 Å². The smallest absolute Gasteiger partial charge is 0.169 e. The van der Waals surface area contributed by atoms with Crippen LogP contribution in [-0.4, -0.2) is 36.0 Å². The van der Waals surface area contributed by atoms with Crippen molar-refractivity contribution in [3.8, 4) is 23.0 Å². The minimum Gasteiger partial charge on any atom is -0.504 e. The molecular formula is C24H26O6. The molecule has 6 nitrogen and oxygen atoms in total. The Balaban J connectivity index is 1.69. The first kappa shape index (κ1) is 21.4. The van der Waals surface area contributed by atoms with Crippen molar-refractivity contribution >= 4 is 17.6 Å². The van der Waals surface area contributed by atoms with Gasteiger partial charge in [-0.15, -0.1) is 0 Å². The second-order valence-corrected chi connectivity index (χ2v) is 7.38. The van der Waals surface area contributed by atoms with Gasteiger partial charge in [0.1, 0.15) is 5.78 Å². The van der Waals surface area contributed by atoms with Crippen LogP contribution in [0.4, 0.5) is 0 Å². The first-order chi connectivity index (χ1) is 14.4. The summed E-state index contributed by atoms with van der Waals surface area (Å²) in [6.45, 7) is 0. The maximum atomic E-state index is 12.9. The average molecular weight is 410 g/mol. The van der Waals surface area contributed by atoms with Gasteiger partial charge in [-0.05, 0) is 72.7 Å². The predicted octanol–water partition coefficient (Wildman–Crippen LogP) is 4.07. The standard InChI is InChI=1S/C24H26O6/c1-29-22-13-15(7-10-20(22)26)6-9-19(25)18-5-3-4-17(24(18)28)12-16-8-11-21(27)23(14-16)30-2/h7-8,10-14,18,26-27H,3-6,9H2,1-2H3/b17-12+. The summed E-state index contributed by atoms with van der Waals surface area (Å²) in [5, 5.41) is 19.4. The molecule has 2 aromatic rings. The number of methoxy groups -OCH3 is 2. The van der Waals surface area contributed by atoms with Gasteiger partial charge < -0.3 is 19.7 Å². The zero-order valence-electron chi connectivity index (χ0n) is 17.2. The summed E-state index contributed by atoms with van der Waals surface area (Å²) in [5.41, 5.74) is 2.24. The normalized spacial score (nSPS) is 17.7. The van der Waals surface area contributed by atoms with E-state index >= 15 is 0 Å². The number of carbonyl (C=O) groups is 2. The number of aryl methyl sites for hydroxylation is 1. The number of Topliss-reactive ketones (excluding diaryl/α,β-unsaturated/α-hetero) is 2. The molecular weight excluding hydrogens is 384 g/mol. The lowest BCUT2D eigenvalue weighted by atomic mass is 9.80. The van der Waals surface area contributed by atoms with Gasteiger partial charge in [-0.3, -0.25) is 9.59 Å². The highest BCUT2D eigenvalue weighted by Gasteiger charge is 2.31. The molecule has 3 rings (SSSR count). The maximum Gasteiger partial charge on any atom is 0.169 e. The summed E-state index contributed by atoms with van der Waals surface area (Å²) < 4.78 is 10.2. The molecule has 6 heteroatoms. The Hall–Kier alpha value is -3.28. The zero-order valence-corrected chi connectivity index (χ0v) is 17.2. The summed E-state index contributed by atoms with van der Waals surface area (Å²) >= 11 is 0. The van der Waals surface area contributed by atoms with Crippen molar-refractivity contribution in [1.29, 1.82) is 0 Å². The summed E-state index contributed by atoms with van der Waals surface area (Å²) in [6.07, 6.45) is 4.47. The molecule has 30 heavy (non-hydrogen) atoms. The Labute approximate surface area is 175 Å². The van der Waals surface area contributed by atoms with Crippen LogP contribution in [0.1, 0.15) is 36.8 Å². The first-order valence-electron chi connectivity index (χ1n) is 9.93. The molecule has 0 heterocycles. The Morgan fingerprint density at radius 2 is 1.73 bits per heavy atom. The fourth-order valence-electron chi connectivity index (χ4n) is 3.73. The van der Waals surface area contributed by atoms with Gasteiger partial charge in [-0.1, -0.05) is 12.1 Å². The van der Waals surface area contributed by atoms with E-state index in [1.54, 1.807) is 30.3 Å². The molecule has 1 unspecified atom stereocenters. The van der Waals surface area contributed by atoms with E-state index in [-0.39, 0.29) is 29.5 Å². The first-order valence-corrected chi connectivity index (χ1v) is 9.93. The van der Waals surface area contributed by atoms with Crippen LogP contribution in [0, 0.1) is 5.92 Å². The van der Waals surface area contributed by atoms with Crippen molar-refractivity contribution < 1.29 is 29.3 Å². The minimum atomic E-state index is -0.622. The number of ketones is 2. The van der Waals surface area contributed by atoms with Crippen LogP contribution in [-0.2, 0) is 16.0 Å². The molecule has 1 aliphatic carbocycles. The third kappa shape index (κ3) is 4.82. The Bertz CT molecular complexity index is 976. The third-order valence-corrected chi connectivity index (χ3v) is 5.41. The van der Waals surface area contributed by atoms with Crippen LogP contribution in [0.5, 0.6) is 23.0 Å². The molecule has 0 spiro atoms. The molecule has 2 N–H and O–H groups in total. The highest BCUT2D eigenvalue weighted by Crippen LogP contribution is 2.32. The molecule has 1 fully saturated rings. The lowest BCUT2D eigenvalue weighted by Crippen LogP contribution is -2.29. The van der Waals surface area contributed by atoms with Crippen LogP contribution in [0.2, 0.25) is 0 Å². The van der Waals surface area contributed by atoms with Crippen molar-refractivity contribution in [3.63, 3.8) is 0 Å². The lowest BCUT2D eigenvalue weighted by Gasteiger charge is -2.22. The Morgan fingerprint density at radius 3 is 2.43 bits per heavy atom. The number of allylic oxidation sites excluding steroid dienone is 1. The Kier molecular flexibility index (Phi) is 6.77. The number of carbonyl (C=O) groups excluding carboxylic acids is 2. The molecule has 1 atom stereocenters. The zero-order chi connectivity index (χ0) is 21.7.